The maximum Gasteiger partial charge on any atom is 0.521 e. The second-order valence-corrected chi connectivity index (χ2v) is 14.1. The van der Waals surface area contributed by atoms with E-state index >= 15 is 0 Å². The van der Waals surface area contributed by atoms with E-state index < -0.39 is 85.0 Å². The molecule has 3 atom stereocenters. The van der Waals surface area contributed by atoms with Crippen LogP contribution in [0.15, 0.2) is 24.3 Å². The Labute approximate surface area is 338 Å². The molecule has 2 amide bonds. The van der Waals surface area contributed by atoms with Crippen molar-refractivity contribution < 1.29 is 83.1 Å². The summed E-state index contributed by atoms with van der Waals surface area (Å²) in [6.45, 7) is 1.19. The summed E-state index contributed by atoms with van der Waals surface area (Å²) in [5, 5.41) is 20.3. The minimum atomic E-state index is -4.64. The number of carbonyl (C=O) groups is 2. The lowest BCUT2D eigenvalue weighted by molar-refractivity contribution is -0.244. The second-order valence-electron chi connectivity index (χ2n) is 13.5. The standard InChI is InChI=1S/C17H16F6N4O.C16H15F6N5O.HO4P.H2/c1-9(4-10-6-12(19)13(20)7-11(10)18)5-15(28)26-2-3-27-14(8-26)24-25-16(27)17(21,22)23;17-10-6-12(19)11(18)4-8(10)3-9(23)5-14(28)26-1-2-27-13(7-26)24-25-15(27)16(20,21)22;1-4-5(2)3;/h6-7,9H,2-5,8H2,1H3;4,6,9H,1-3,5,7,23H2;1H;1H/t2*9-;;/m11../s1. The topological polar surface area (TPSA) is 198 Å². The van der Waals surface area contributed by atoms with E-state index in [-0.39, 0.29) is 95.1 Å². The number of rotatable bonds is 9. The lowest BCUT2D eigenvalue weighted by Crippen LogP contribution is -2.42. The van der Waals surface area contributed by atoms with E-state index in [2.05, 4.69) is 25.1 Å². The van der Waals surface area contributed by atoms with Gasteiger partial charge in [-0.25, -0.2) is 31.6 Å². The van der Waals surface area contributed by atoms with E-state index in [1.807, 2.05) is 0 Å². The fourth-order valence-corrected chi connectivity index (χ4v) is 6.18. The Morgan fingerprint density at radius 2 is 1.10 bits per heavy atom. The van der Waals surface area contributed by atoms with Crippen molar-refractivity contribution in [1.82, 2.24) is 39.3 Å². The molecule has 3 N–H and O–H groups in total. The number of fused-ring (bicyclic) bond motifs is 2. The molecule has 0 bridgehead atoms. The highest BCUT2D eigenvalue weighted by molar-refractivity contribution is 7.30. The number of alkyl halides is 6. The van der Waals surface area contributed by atoms with Crippen LogP contribution in [0, 0.1) is 40.8 Å². The van der Waals surface area contributed by atoms with Gasteiger partial charge in [-0.2, -0.15) is 26.3 Å². The van der Waals surface area contributed by atoms with Gasteiger partial charge in [0, 0.05) is 63.3 Å². The summed E-state index contributed by atoms with van der Waals surface area (Å²) in [5.74, 6) is -10.3. The van der Waals surface area contributed by atoms with Crippen LogP contribution in [0.4, 0.5) is 52.7 Å². The molecule has 2 aliphatic rings. The van der Waals surface area contributed by atoms with Crippen LogP contribution >= 0.6 is 8.25 Å². The Hall–Kier alpha value is -5.24. The van der Waals surface area contributed by atoms with Crippen molar-refractivity contribution in [1.29, 1.82) is 0 Å². The summed E-state index contributed by atoms with van der Waals surface area (Å²) in [7, 11) is -3.04. The zero-order chi connectivity index (χ0) is 45.6. The summed E-state index contributed by atoms with van der Waals surface area (Å²) in [4.78, 5) is 36.3. The van der Waals surface area contributed by atoms with Crippen molar-refractivity contribution >= 4 is 20.1 Å². The number of benzene rings is 2. The van der Waals surface area contributed by atoms with Crippen molar-refractivity contribution in [2.45, 2.75) is 77.2 Å². The Morgan fingerprint density at radius 1 is 0.721 bits per heavy atom. The number of carbonyl (C=O) groups excluding carboxylic acids is 2. The maximum absolute atomic E-state index is 13.7. The molecule has 2 aromatic heterocycles. The summed E-state index contributed by atoms with van der Waals surface area (Å²) in [5.41, 5.74) is 5.59. The van der Waals surface area contributed by atoms with Crippen LogP contribution in [0.5, 0.6) is 0 Å². The molecule has 2 aliphatic heterocycles. The lowest BCUT2D eigenvalue weighted by Gasteiger charge is -2.29. The van der Waals surface area contributed by atoms with Crippen molar-refractivity contribution in [3.63, 3.8) is 0 Å². The molecule has 1 unspecified atom stereocenters. The highest BCUT2D eigenvalue weighted by Gasteiger charge is 2.41. The molecule has 4 heterocycles. The number of aromatic nitrogens is 6. The van der Waals surface area contributed by atoms with Gasteiger partial charge in [-0.05, 0) is 46.6 Å². The monoisotopic (exact) mass is 911 g/mol. The number of hydrogen-bond donors (Lipinski definition) is 2. The third-order valence-corrected chi connectivity index (χ3v) is 9.11. The van der Waals surface area contributed by atoms with Gasteiger partial charge in [0.2, 0.25) is 23.5 Å². The van der Waals surface area contributed by atoms with E-state index in [0.29, 0.717) is 18.2 Å². The number of amides is 2. The molecule has 0 radical (unpaired) electrons. The zero-order valence-electron chi connectivity index (χ0n) is 31.2. The zero-order valence-corrected chi connectivity index (χ0v) is 32.1. The fraction of sp³-hybridized carbons (Fsp3) is 0.455. The fourth-order valence-electron chi connectivity index (χ4n) is 6.18. The molecule has 0 aliphatic carbocycles. The number of hydrogen-bond acceptors (Lipinski definition) is 11. The van der Waals surface area contributed by atoms with Crippen LogP contribution < -0.4 is 10.6 Å². The number of nitrogens with two attached hydrogens (primary N) is 1. The van der Waals surface area contributed by atoms with Gasteiger partial charge in [-0.3, -0.25) is 9.59 Å². The van der Waals surface area contributed by atoms with Crippen LogP contribution in [-0.4, -0.2) is 75.5 Å². The van der Waals surface area contributed by atoms with Crippen LogP contribution in [0.2, 0.25) is 0 Å². The third kappa shape index (κ3) is 12.9. The van der Waals surface area contributed by atoms with E-state index in [1.165, 1.54) is 9.80 Å². The Morgan fingerprint density at radius 3 is 1.49 bits per heavy atom. The normalized spacial score (nSPS) is 15.1. The first-order valence-corrected chi connectivity index (χ1v) is 18.5. The Balaban J connectivity index is 0.000000294. The maximum atomic E-state index is 13.7. The molecule has 28 heteroatoms. The molecule has 0 spiro atoms. The SMILES string of the molecule is C[C@@H](CC(=O)N1CCn2c(nnc2C(F)(F)F)C1)Cc1cc(F)c(F)cc1F.N[C@@H](CC(=O)N1CCn2c(nnc2C(F)(F)F)C1)Cc1cc(F)c(F)cc1F.O=[P+]([O-])OO.[HH]. The molecular formula is C33H34F12N9O6P. The van der Waals surface area contributed by atoms with Crippen LogP contribution in [0.1, 0.15) is 55.6 Å². The van der Waals surface area contributed by atoms with Gasteiger partial charge in [-0.1, -0.05) is 6.92 Å². The molecule has 0 saturated heterocycles. The molecular weight excluding hydrogens is 877 g/mol. The average molecular weight is 912 g/mol. The lowest BCUT2D eigenvalue weighted by atomic mass is 9.96. The van der Waals surface area contributed by atoms with E-state index in [1.54, 1.807) is 6.92 Å². The van der Waals surface area contributed by atoms with Crippen molar-refractivity contribution in [2.75, 3.05) is 13.1 Å². The van der Waals surface area contributed by atoms with Crippen molar-refractivity contribution in [3.8, 4) is 0 Å². The first-order valence-electron chi connectivity index (χ1n) is 17.4. The largest absolute Gasteiger partial charge is 0.565 e. The summed E-state index contributed by atoms with van der Waals surface area (Å²) >= 11 is 0. The Kier molecular flexibility index (Phi) is 15.9. The van der Waals surface area contributed by atoms with Gasteiger partial charge in [-0.15, -0.1) is 20.4 Å². The second kappa shape index (κ2) is 20.1. The quantitative estimate of drug-likeness (QED) is 0.0747. The van der Waals surface area contributed by atoms with Crippen molar-refractivity contribution in [2.24, 2.45) is 11.7 Å². The number of halogens is 12. The number of nitrogens with zero attached hydrogens (tertiary/aromatic N) is 8. The third-order valence-electron chi connectivity index (χ3n) is 8.97. The highest BCUT2D eigenvalue weighted by Crippen LogP contribution is 2.31. The molecule has 2 aromatic carbocycles. The van der Waals surface area contributed by atoms with Crippen LogP contribution in [0.3, 0.4) is 0 Å². The van der Waals surface area contributed by atoms with Gasteiger partial charge in [0.25, 0.3) is 0 Å². The van der Waals surface area contributed by atoms with Crippen molar-refractivity contribution in [3.05, 3.63) is 93.6 Å². The minimum absolute atomic E-state index is 0. The molecule has 6 rings (SSSR count). The molecule has 0 saturated carbocycles. The smallest absolute Gasteiger partial charge is 0.521 e. The summed E-state index contributed by atoms with van der Waals surface area (Å²) in [6.07, 6.45) is -9.75. The molecule has 336 valence electrons. The summed E-state index contributed by atoms with van der Waals surface area (Å²) in [6, 6.07) is 1.39. The predicted octanol–water partition coefficient (Wildman–Crippen LogP) is 5.08. The minimum Gasteiger partial charge on any atom is -0.565 e. The molecule has 61 heavy (non-hydrogen) atoms. The van der Waals surface area contributed by atoms with E-state index in [9.17, 15) is 62.3 Å². The average Bonchev–Trinajstić information content (AvgIpc) is 3.81. The Bertz CT molecular complexity index is 2080. The first-order chi connectivity index (χ1) is 28.4. The molecule has 0 fully saturated rings. The van der Waals surface area contributed by atoms with Gasteiger partial charge in [0.15, 0.2) is 34.9 Å². The predicted molar refractivity (Wildman–Crippen MR) is 181 cm³/mol. The highest BCUT2D eigenvalue weighted by atomic mass is 31.1. The first kappa shape index (κ1) is 48.4. The summed E-state index contributed by atoms with van der Waals surface area (Å²) < 4.78 is 170. The molecule has 15 nitrogen and oxygen atoms in total. The van der Waals surface area contributed by atoms with Crippen LogP contribution in [0.25, 0.3) is 0 Å². The van der Waals surface area contributed by atoms with E-state index in [0.717, 1.165) is 15.2 Å². The molecule has 4 aromatic rings. The van der Waals surface area contributed by atoms with Gasteiger partial charge >= 0.3 is 20.6 Å². The van der Waals surface area contributed by atoms with Gasteiger partial charge < -0.3 is 29.6 Å². The van der Waals surface area contributed by atoms with Gasteiger partial charge in [0.1, 0.15) is 11.6 Å². The van der Waals surface area contributed by atoms with Gasteiger partial charge in [0.05, 0.1) is 13.1 Å². The van der Waals surface area contributed by atoms with E-state index in [4.69, 9.17) is 20.4 Å². The van der Waals surface area contributed by atoms with Crippen LogP contribution in [-0.2, 0) is 70.2 Å².